The Morgan fingerprint density at radius 3 is 2.47 bits per heavy atom. The number of rotatable bonds is 2. The van der Waals surface area contributed by atoms with Gasteiger partial charge in [-0.1, -0.05) is 18.2 Å². The number of hydrogen-bond donors (Lipinski definition) is 1. The number of para-hydroxylation sites is 1. The highest BCUT2D eigenvalue weighted by Crippen LogP contribution is 2.38. The fourth-order valence-electron chi connectivity index (χ4n) is 2.39. The van der Waals surface area contributed by atoms with Crippen LogP contribution in [0.3, 0.4) is 0 Å². The number of hydrogen-bond acceptors (Lipinski definition) is 2. The van der Waals surface area contributed by atoms with Crippen molar-refractivity contribution < 1.29 is 4.74 Å². The van der Waals surface area contributed by atoms with Crippen molar-refractivity contribution in [1.82, 2.24) is 0 Å². The molecule has 82 valence electrons. The monoisotopic (exact) mass is 222 g/mol. The molecule has 0 spiro atoms. The van der Waals surface area contributed by atoms with E-state index in [1.54, 1.807) is 7.11 Å². The summed E-state index contributed by atoms with van der Waals surface area (Å²) in [6.45, 7) is 0. The first-order valence-electron chi connectivity index (χ1n) is 5.62. The highest BCUT2D eigenvalue weighted by Gasteiger charge is 2.22. The van der Waals surface area contributed by atoms with Crippen molar-refractivity contribution in [3.05, 3.63) is 29.8 Å². The van der Waals surface area contributed by atoms with Crippen LogP contribution in [-0.2, 0) is 0 Å². The van der Waals surface area contributed by atoms with Gasteiger partial charge in [-0.15, -0.1) is 0 Å². The maximum absolute atomic E-state index is 5.41. The van der Waals surface area contributed by atoms with E-state index in [9.17, 15) is 0 Å². The largest absolute Gasteiger partial charge is 0.496 e. The van der Waals surface area contributed by atoms with Crippen LogP contribution in [0.4, 0.5) is 0 Å². The van der Waals surface area contributed by atoms with E-state index in [1.807, 2.05) is 6.07 Å². The average Bonchev–Trinajstić information content (AvgIpc) is 2.30. The van der Waals surface area contributed by atoms with Crippen LogP contribution >= 0.6 is 12.6 Å². The Bertz CT molecular complexity index is 316. The zero-order valence-electron chi connectivity index (χ0n) is 9.15. The van der Waals surface area contributed by atoms with E-state index < -0.39 is 0 Å². The summed E-state index contributed by atoms with van der Waals surface area (Å²) in [5, 5.41) is 0.607. The first-order chi connectivity index (χ1) is 7.31. The highest BCUT2D eigenvalue weighted by molar-refractivity contribution is 7.80. The lowest BCUT2D eigenvalue weighted by Gasteiger charge is -2.27. The molecule has 1 nitrogen and oxygen atoms in total. The minimum Gasteiger partial charge on any atom is -0.496 e. The van der Waals surface area contributed by atoms with Crippen LogP contribution in [0.2, 0.25) is 0 Å². The van der Waals surface area contributed by atoms with Crippen LogP contribution in [0, 0.1) is 0 Å². The molecule has 1 saturated carbocycles. The quantitative estimate of drug-likeness (QED) is 0.751. The maximum atomic E-state index is 5.41. The Kier molecular flexibility index (Phi) is 3.57. The maximum Gasteiger partial charge on any atom is 0.122 e. The Morgan fingerprint density at radius 2 is 1.80 bits per heavy atom. The van der Waals surface area contributed by atoms with Gasteiger partial charge in [0.25, 0.3) is 0 Å². The Morgan fingerprint density at radius 1 is 1.13 bits per heavy atom. The van der Waals surface area contributed by atoms with Crippen LogP contribution < -0.4 is 4.74 Å². The molecule has 0 unspecified atom stereocenters. The van der Waals surface area contributed by atoms with Gasteiger partial charge in [-0.3, -0.25) is 0 Å². The third-order valence-electron chi connectivity index (χ3n) is 3.28. The minimum atomic E-state index is 0.607. The lowest BCUT2D eigenvalue weighted by atomic mass is 9.83. The first kappa shape index (κ1) is 10.9. The molecule has 2 rings (SSSR count). The fraction of sp³-hybridized carbons (Fsp3) is 0.538. The molecule has 1 aromatic carbocycles. The molecule has 1 aromatic rings. The van der Waals surface area contributed by atoms with Crippen molar-refractivity contribution in [3.63, 3.8) is 0 Å². The summed E-state index contributed by atoms with van der Waals surface area (Å²) in [6.07, 6.45) is 4.95. The van der Waals surface area contributed by atoms with Gasteiger partial charge in [-0.25, -0.2) is 0 Å². The van der Waals surface area contributed by atoms with Gasteiger partial charge >= 0.3 is 0 Å². The van der Waals surface area contributed by atoms with Crippen molar-refractivity contribution in [3.8, 4) is 5.75 Å². The Labute approximate surface area is 97.2 Å². The molecular weight excluding hydrogens is 204 g/mol. The van der Waals surface area contributed by atoms with Crippen LogP contribution in [0.1, 0.15) is 37.2 Å². The zero-order valence-corrected chi connectivity index (χ0v) is 10.0. The minimum absolute atomic E-state index is 0.607. The van der Waals surface area contributed by atoms with Gasteiger partial charge in [-0.05, 0) is 43.2 Å². The Hall–Kier alpha value is -0.630. The molecule has 0 amide bonds. The van der Waals surface area contributed by atoms with E-state index in [0.29, 0.717) is 11.2 Å². The summed E-state index contributed by atoms with van der Waals surface area (Å²) in [5.74, 6) is 1.71. The molecule has 0 N–H and O–H groups in total. The molecule has 1 aliphatic rings. The van der Waals surface area contributed by atoms with Gasteiger partial charge in [-0.2, -0.15) is 12.6 Å². The van der Waals surface area contributed by atoms with Gasteiger partial charge in [0.05, 0.1) is 7.11 Å². The molecule has 0 aliphatic heterocycles. The molecule has 2 heteroatoms. The predicted octanol–water partition coefficient (Wildman–Crippen LogP) is 3.65. The van der Waals surface area contributed by atoms with Gasteiger partial charge in [0.15, 0.2) is 0 Å². The van der Waals surface area contributed by atoms with Crippen LogP contribution in [0.5, 0.6) is 5.75 Å². The van der Waals surface area contributed by atoms with E-state index in [1.165, 1.54) is 31.2 Å². The van der Waals surface area contributed by atoms with Gasteiger partial charge < -0.3 is 4.74 Å². The molecule has 0 bridgehead atoms. The van der Waals surface area contributed by atoms with Crippen molar-refractivity contribution in [2.24, 2.45) is 0 Å². The van der Waals surface area contributed by atoms with E-state index >= 15 is 0 Å². The van der Waals surface area contributed by atoms with Gasteiger partial charge in [0.1, 0.15) is 5.75 Å². The summed E-state index contributed by atoms with van der Waals surface area (Å²) in [5.41, 5.74) is 1.38. The van der Waals surface area contributed by atoms with E-state index in [0.717, 1.165) is 5.75 Å². The van der Waals surface area contributed by atoms with Gasteiger partial charge in [0, 0.05) is 5.25 Å². The smallest absolute Gasteiger partial charge is 0.122 e. The standard InChI is InChI=1S/C13H18OS/c1-14-13-5-3-2-4-12(13)10-6-8-11(15)9-7-10/h2-5,10-11,15H,6-9H2,1H3. The van der Waals surface area contributed by atoms with E-state index in [4.69, 9.17) is 4.74 Å². The van der Waals surface area contributed by atoms with Crippen molar-refractivity contribution in [2.75, 3.05) is 7.11 Å². The normalized spacial score (nSPS) is 26.3. The molecule has 1 fully saturated rings. The van der Waals surface area contributed by atoms with Gasteiger partial charge in [0.2, 0.25) is 0 Å². The third-order valence-corrected chi connectivity index (χ3v) is 3.79. The molecule has 0 radical (unpaired) electrons. The van der Waals surface area contributed by atoms with E-state index in [-0.39, 0.29) is 0 Å². The molecule has 0 aromatic heterocycles. The number of benzene rings is 1. The summed E-state index contributed by atoms with van der Waals surface area (Å²) in [4.78, 5) is 0. The molecular formula is C13H18OS. The van der Waals surface area contributed by atoms with E-state index in [2.05, 4.69) is 30.8 Å². The predicted molar refractivity (Wildman–Crippen MR) is 67.0 cm³/mol. The third kappa shape index (κ3) is 2.49. The Balaban J connectivity index is 2.15. The lowest BCUT2D eigenvalue weighted by molar-refractivity contribution is 0.389. The topological polar surface area (TPSA) is 9.23 Å². The second-order valence-electron chi connectivity index (χ2n) is 4.25. The van der Waals surface area contributed by atoms with Crippen molar-refractivity contribution in [1.29, 1.82) is 0 Å². The first-order valence-corrected chi connectivity index (χ1v) is 6.14. The summed E-state index contributed by atoms with van der Waals surface area (Å²) in [6, 6.07) is 8.39. The lowest BCUT2D eigenvalue weighted by Crippen LogP contribution is -2.13. The van der Waals surface area contributed by atoms with Crippen LogP contribution in [-0.4, -0.2) is 12.4 Å². The summed E-state index contributed by atoms with van der Waals surface area (Å²) in [7, 11) is 1.75. The molecule has 0 saturated heterocycles. The van der Waals surface area contributed by atoms with Crippen molar-refractivity contribution in [2.45, 2.75) is 36.9 Å². The number of methoxy groups -OCH3 is 1. The highest BCUT2D eigenvalue weighted by atomic mass is 32.1. The second kappa shape index (κ2) is 4.93. The van der Waals surface area contributed by atoms with Crippen LogP contribution in [0.25, 0.3) is 0 Å². The van der Waals surface area contributed by atoms with Crippen molar-refractivity contribution >= 4 is 12.6 Å². The molecule has 0 atom stereocenters. The number of ether oxygens (including phenoxy) is 1. The molecule has 15 heavy (non-hydrogen) atoms. The second-order valence-corrected chi connectivity index (χ2v) is 4.98. The number of thiol groups is 1. The SMILES string of the molecule is COc1ccccc1C1CCC(S)CC1. The fourth-order valence-corrected chi connectivity index (χ4v) is 2.69. The molecule has 0 heterocycles. The summed E-state index contributed by atoms with van der Waals surface area (Å²) >= 11 is 4.53. The zero-order chi connectivity index (χ0) is 10.7. The van der Waals surface area contributed by atoms with Crippen LogP contribution in [0.15, 0.2) is 24.3 Å². The summed E-state index contributed by atoms with van der Waals surface area (Å²) < 4.78 is 5.41. The molecule has 1 aliphatic carbocycles. The average molecular weight is 222 g/mol.